The van der Waals surface area contributed by atoms with E-state index in [1.54, 1.807) is 6.92 Å². The van der Waals surface area contributed by atoms with Crippen molar-refractivity contribution in [3.63, 3.8) is 0 Å². The number of ether oxygens (including phenoxy) is 2. The van der Waals surface area contributed by atoms with Crippen LogP contribution in [0.4, 0.5) is 0 Å². The molecule has 0 aliphatic carbocycles. The molecule has 2 unspecified atom stereocenters. The van der Waals surface area contributed by atoms with Crippen LogP contribution in [0.1, 0.15) is 18.9 Å². The zero-order valence-corrected chi connectivity index (χ0v) is 12.3. The van der Waals surface area contributed by atoms with Crippen molar-refractivity contribution in [2.24, 2.45) is 0 Å². The van der Waals surface area contributed by atoms with Gasteiger partial charge in [0.25, 0.3) is 5.91 Å². The van der Waals surface area contributed by atoms with E-state index in [4.69, 9.17) is 9.47 Å². The molecule has 0 saturated heterocycles. The number of benzene rings is 1. The lowest BCUT2D eigenvalue weighted by molar-refractivity contribution is -0.127. The van der Waals surface area contributed by atoms with E-state index in [1.807, 2.05) is 31.2 Å². The first-order valence-corrected chi connectivity index (χ1v) is 6.71. The number of aliphatic hydroxyl groups is 1. The lowest BCUT2D eigenvalue weighted by Gasteiger charge is -2.16. The molecule has 5 heteroatoms. The number of aryl methyl sites for hydroxylation is 1. The van der Waals surface area contributed by atoms with Crippen LogP contribution in [0.15, 0.2) is 24.3 Å². The molecular weight excluding hydrogens is 258 g/mol. The molecule has 20 heavy (non-hydrogen) atoms. The van der Waals surface area contributed by atoms with Gasteiger partial charge in [-0.25, -0.2) is 0 Å². The monoisotopic (exact) mass is 281 g/mol. The fourth-order valence-electron chi connectivity index (χ4n) is 1.73. The summed E-state index contributed by atoms with van der Waals surface area (Å²) in [6, 6.07) is 7.55. The van der Waals surface area contributed by atoms with Gasteiger partial charge >= 0.3 is 0 Å². The molecule has 0 aliphatic rings. The van der Waals surface area contributed by atoms with Crippen LogP contribution >= 0.6 is 0 Å². The van der Waals surface area contributed by atoms with E-state index in [-0.39, 0.29) is 12.5 Å². The summed E-state index contributed by atoms with van der Waals surface area (Å²) in [7, 11) is 1.53. The molecule has 0 spiro atoms. The van der Waals surface area contributed by atoms with Crippen molar-refractivity contribution < 1.29 is 19.4 Å². The molecule has 0 aliphatic heterocycles. The number of carbonyl (C=O) groups is 1. The maximum atomic E-state index is 11.8. The Hall–Kier alpha value is -1.59. The summed E-state index contributed by atoms with van der Waals surface area (Å²) in [4.78, 5) is 11.8. The second kappa shape index (κ2) is 8.55. The molecule has 0 fully saturated rings. The Morgan fingerprint density at radius 3 is 2.85 bits per heavy atom. The molecule has 0 heterocycles. The van der Waals surface area contributed by atoms with Crippen LogP contribution in [0.2, 0.25) is 0 Å². The number of methoxy groups -OCH3 is 1. The van der Waals surface area contributed by atoms with Gasteiger partial charge in [0.05, 0.1) is 12.7 Å². The van der Waals surface area contributed by atoms with Crippen LogP contribution in [-0.4, -0.2) is 43.5 Å². The highest BCUT2D eigenvalue weighted by atomic mass is 16.5. The van der Waals surface area contributed by atoms with Gasteiger partial charge in [-0.1, -0.05) is 12.1 Å². The topological polar surface area (TPSA) is 67.8 Å². The number of nitrogens with one attached hydrogen (secondary N) is 1. The molecule has 1 rings (SSSR count). The smallest absolute Gasteiger partial charge is 0.260 e. The molecule has 0 radical (unpaired) electrons. The molecule has 0 aromatic heterocycles. The van der Waals surface area contributed by atoms with Crippen molar-refractivity contribution in [1.29, 1.82) is 0 Å². The van der Waals surface area contributed by atoms with E-state index in [0.29, 0.717) is 18.7 Å². The lowest BCUT2D eigenvalue weighted by atomic mass is 10.2. The van der Waals surface area contributed by atoms with Gasteiger partial charge < -0.3 is 19.9 Å². The Kier molecular flexibility index (Phi) is 7.04. The zero-order valence-electron chi connectivity index (χ0n) is 12.3. The van der Waals surface area contributed by atoms with Gasteiger partial charge in [-0.3, -0.25) is 4.79 Å². The third-order valence-corrected chi connectivity index (χ3v) is 2.81. The maximum absolute atomic E-state index is 11.8. The van der Waals surface area contributed by atoms with Crippen LogP contribution < -0.4 is 10.1 Å². The normalized spacial score (nSPS) is 13.6. The van der Waals surface area contributed by atoms with E-state index >= 15 is 0 Å². The quantitative estimate of drug-likeness (QED) is 0.753. The summed E-state index contributed by atoms with van der Waals surface area (Å²) in [6.07, 6.45) is -0.679. The molecular formula is C15H23NO4. The first kappa shape index (κ1) is 16.5. The number of carbonyl (C=O) groups excluding carboxylic acids is 1. The van der Waals surface area contributed by atoms with E-state index in [0.717, 1.165) is 5.56 Å². The summed E-state index contributed by atoms with van der Waals surface area (Å²) in [5.74, 6) is 0.475. The fourth-order valence-corrected chi connectivity index (χ4v) is 1.73. The number of hydrogen-bond donors (Lipinski definition) is 2. The number of amides is 1. The Balaban J connectivity index is 2.32. The molecule has 2 atom stereocenters. The molecule has 1 amide bonds. The fraction of sp³-hybridized carbons (Fsp3) is 0.533. The zero-order chi connectivity index (χ0) is 15.0. The maximum Gasteiger partial charge on any atom is 0.260 e. The molecule has 112 valence electrons. The minimum absolute atomic E-state index is 0.198. The summed E-state index contributed by atoms with van der Waals surface area (Å²) >= 11 is 0. The Bertz CT molecular complexity index is 422. The average molecular weight is 281 g/mol. The van der Waals surface area contributed by atoms with Crippen LogP contribution in [0.3, 0.4) is 0 Å². The van der Waals surface area contributed by atoms with Gasteiger partial charge in [0.1, 0.15) is 5.75 Å². The Morgan fingerprint density at radius 1 is 1.45 bits per heavy atom. The molecule has 2 N–H and O–H groups in total. The van der Waals surface area contributed by atoms with E-state index in [9.17, 15) is 9.90 Å². The SMILES string of the molecule is COCC(O)CCNC(=O)C(C)Oc1cccc(C)c1. The van der Waals surface area contributed by atoms with Crippen molar-refractivity contribution >= 4 is 5.91 Å². The summed E-state index contributed by atoms with van der Waals surface area (Å²) in [5, 5.41) is 12.2. The van der Waals surface area contributed by atoms with Crippen LogP contribution in [0.25, 0.3) is 0 Å². The molecule has 5 nitrogen and oxygen atoms in total. The minimum atomic E-state index is -0.573. The summed E-state index contributed by atoms with van der Waals surface area (Å²) in [6.45, 7) is 4.33. The molecule has 1 aromatic carbocycles. The van der Waals surface area contributed by atoms with E-state index in [1.165, 1.54) is 7.11 Å². The number of aliphatic hydroxyl groups excluding tert-OH is 1. The van der Waals surface area contributed by atoms with Crippen molar-refractivity contribution in [2.45, 2.75) is 32.5 Å². The van der Waals surface area contributed by atoms with Crippen LogP contribution in [0.5, 0.6) is 5.75 Å². The van der Waals surface area contributed by atoms with Gasteiger partial charge in [0.2, 0.25) is 0 Å². The minimum Gasteiger partial charge on any atom is -0.481 e. The van der Waals surface area contributed by atoms with Gasteiger partial charge in [-0.2, -0.15) is 0 Å². The highest BCUT2D eigenvalue weighted by molar-refractivity contribution is 5.80. The third kappa shape index (κ3) is 6.04. The molecule has 0 bridgehead atoms. The van der Waals surface area contributed by atoms with Gasteiger partial charge in [0, 0.05) is 13.7 Å². The highest BCUT2D eigenvalue weighted by Crippen LogP contribution is 2.14. The van der Waals surface area contributed by atoms with Gasteiger partial charge in [-0.05, 0) is 38.0 Å². The first-order valence-electron chi connectivity index (χ1n) is 6.71. The summed E-state index contributed by atoms with van der Waals surface area (Å²) < 4.78 is 10.4. The van der Waals surface area contributed by atoms with Gasteiger partial charge in [0.15, 0.2) is 6.10 Å². The van der Waals surface area contributed by atoms with Crippen LogP contribution in [-0.2, 0) is 9.53 Å². The van der Waals surface area contributed by atoms with Crippen molar-refractivity contribution in [2.75, 3.05) is 20.3 Å². The third-order valence-electron chi connectivity index (χ3n) is 2.81. The van der Waals surface area contributed by atoms with Crippen molar-refractivity contribution in [3.05, 3.63) is 29.8 Å². The number of hydrogen-bond acceptors (Lipinski definition) is 4. The second-order valence-electron chi connectivity index (χ2n) is 4.77. The first-order chi connectivity index (χ1) is 9.52. The largest absolute Gasteiger partial charge is 0.481 e. The molecule has 0 saturated carbocycles. The Morgan fingerprint density at radius 2 is 2.20 bits per heavy atom. The summed E-state index contributed by atoms with van der Waals surface area (Å²) in [5.41, 5.74) is 1.08. The van der Waals surface area contributed by atoms with Crippen molar-refractivity contribution in [1.82, 2.24) is 5.32 Å². The Labute approximate surface area is 119 Å². The van der Waals surface area contributed by atoms with E-state index < -0.39 is 12.2 Å². The lowest BCUT2D eigenvalue weighted by Crippen LogP contribution is -2.38. The van der Waals surface area contributed by atoms with E-state index in [2.05, 4.69) is 5.32 Å². The number of rotatable bonds is 8. The molecule has 1 aromatic rings. The second-order valence-corrected chi connectivity index (χ2v) is 4.77. The predicted molar refractivity (Wildman–Crippen MR) is 76.8 cm³/mol. The van der Waals surface area contributed by atoms with Crippen LogP contribution in [0, 0.1) is 6.92 Å². The predicted octanol–water partition coefficient (Wildman–Crippen LogP) is 1.28. The van der Waals surface area contributed by atoms with Gasteiger partial charge in [-0.15, -0.1) is 0 Å². The average Bonchev–Trinajstić information content (AvgIpc) is 2.38. The standard InChI is InChI=1S/C15H23NO4/c1-11-5-4-6-14(9-11)20-12(2)15(18)16-8-7-13(17)10-19-3/h4-6,9,12-13,17H,7-8,10H2,1-3H3,(H,16,18). The van der Waals surface area contributed by atoms with Crippen molar-refractivity contribution in [3.8, 4) is 5.75 Å². The highest BCUT2D eigenvalue weighted by Gasteiger charge is 2.14.